The van der Waals surface area contributed by atoms with Gasteiger partial charge in [0.05, 0.1) is 19.0 Å². The largest absolute Gasteiger partial charge is 0.493 e. The third-order valence-electron chi connectivity index (χ3n) is 2.37. The molecule has 0 amide bonds. The number of aromatic nitrogens is 2. The maximum atomic E-state index is 5.83. The Morgan fingerprint density at radius 1 is 1.47 bits per heavy atom. The smallest absolute Gasteiger partial charge is 0.159 e. The zero-order valence-corrected chi connectivity index (χ0v) is 10.6. The lowest BCUT2D eigenvalue weighted by Gasteiger charge is -2.14. The number of alkyl halides is 1. The number of ether oxygens (including phenoxy) is 1. The van der Waals surface area contributed by atoms with Crippen molar-refractivity contribution in [3.8, 4) is 5.75 Å². The Morgan fingerprint density at radius 3 is 2.60 bits per heavy atom. The highest BCUT2D eigenvalue weighted by Gasteiger charge is 2.15. The fourth-order valence-electron chi connectivity index (χ4n) is 1.57. The molecule has 1 rings (SSSR count). The summed E-state index contributed by atoms with van der Waals surface area (Å²) in [4.78, 5) is 0. The molecule has 4 heteroatoms. The molecule has 0 bridgehead atoms. The van der Waals surface area contributed by atoms with Gasteiger partial charge in [0.1, 0.15) is 0 Å². The van der Waals surface area contributed by atoms with E-state index in [1.165, 1.54) is 0 Å². The average molecular weight is 231 g/mol. The molecule has 0 aliphatic carbocycles. The number of hydrogen-bond donors (Lipinski definition) is 0. The summed E-state index contributed by atoms with van der Waals surface area (Å²) in [5.74, 6) is 1.96. The molecule has 1 aromatic heterocycles. The minimum Gasteiger partial charge on any atom is -0.493 e. The molecule has 1 heterocycles. The first kappa shape index (κ1) is 12.4. The molecule has 3 nitrogen and oxygen atoms in total. The van der Waals surface area contributed by atoms with Gasteiger partial charge < -0.3 is 4.74 Å². The Kier molecular flexibility index (Phi) is 4.45. The fourth-order valence-corrected chi connectivity index (χ4v) is 1.68. The van der Waals surface area contributed by atoms with Crippen LogP contribution in [0.15, 0.2) is 6.20 Å². The third kappa shape index (κ3) is 2.88. The van der Waals surface area contributed by atoms with Crippen molar-refractivity contribution in [2.45, 2.75) is 33.2 Å². The lowest BCUT2D eigenvalue weighted by Crippen LogP contribution is -2.12. The summed E-state index contributed by atoms with van der Waals surface area (Å²) < 4.78 is 7.30. The second-order valence-electron chi connectivity index (χ2n) is 4.16. The normalized spacial score (nSPS) is 13.2. The first-order valence-electron chi connectivity index (χ1n) is 5.26. The Morgan fingerprint density at radius 2 is 2.13 bits per heavy atom. The predicted octanol–water partition coefficient (Wildman–Crippen LogP) is 2.89. The summed E-state index contributed by atoms with van der Waals surface area (Å²) in [6.07, 6.45) is 2.68. The number of hydrogen-bond acceptors (Lipinski definition) is 2. The van der Waals surface area contributed by atoms with Crippen molar-refractivity contribution in [3.05, 3.63) is 11.9 Å². The molecule has 86 valence electrons. The van der Waals surface area contributed by atoms with Gasteiger partial charge in [0.25, 0.3) is 0 Å². The van der Waals surface area contributed by atoms with Gasteiger partial charge in [-0.2, -0.15) is 5.10 Å². The molecular formula is C11H19ClN2O. The highest BCUT2D eigenvalue weighted by atomic mass is 35.5. The van der Waals surface area contributed by atoms with Crippen molar-refractivity contribution in [2.24, 2.45) is 5.92 Å². The third-order valence-corrected chi connectivity index (χ3v) is 2.90. The molecule has 0 radical (unpaired) electrons. The molecule has 0 saturated carbocycles. The van der Waals surface area contributed by atoms with Crippen LogP contribution in [0.5, 0.6) is 5.75 Å². The van der Waals surface area contributed by atoms with E-state index in [1.807, 2.05) is 4.68 Å². The van der Waals surface area contributed by atoms with E-state index in [2.05, 4.69) is 25.9 Å². The van der Waals surface area contributed by atoms with Gasteiger partial charge >= 0.3 is 0 Å². The number of methoxy groups -OCH3 is 1. The van der Waals surface area contributed by atoms with Gasteiger partial charge in [0.2, 0.25) is 0 Å². The maximum absolute atomic E-state index is 5.83. The maximum Gasteiger partial charge on any atom is 0.159 e. The Labute approximate surface area is 96.4 Å². The molecule has 0 N–H and O–H groups in total. The number of halogens is 1. The molecule has 0 aromatic carbocycles. The fraction of sp³-hybridized carbons (Fsp3) is 0.727. The highest BCUT2D eigenvalue weighted by molar-refractivity contribution is 6.18. The quantitative estimate of drug-likeness (QED) is 0.728. The average Bonchev–Trinajstić information content (AvgIpc) is 2.60. The predicted molar refractivity (Wildman–Crippen MR) is 62.8 cm³/mol. The van der Waals surface area contributed by atoms with Crippen LogP contribution in [0.3, 0.4) is 0 Å². The molecule has 0 aliphatic rings. The second kappa shape index (κ2) is 5.40. The van der Waals surface area contributed by atoms with Gasteiger partial charge in [0, 0.05) is 11.9 Å². The Balaban J connectivity index is 2.94. The monoisotopic (exact) mass is 230 g/mol. The van der Waals surface area contributed by atoms with E-state index in [9.17, 15) is 0 Å². The van der Waals surface area contributed by atoms with Gasteiger partial charge in [-0.3, -0.25) is 4.68 Å². The van der Waals surface area contributed by atoms with Crippen LogP contribution in [0.1, 0.15) is 32.5 Å². The van der Waals surface area contributed by atoms with E-state index in [0.29, 0.717) is 17.8 Å². The lowest BCUT2D eigenvalue weighted by atomic mass is 10.1. The van der Waals surface area contributed by atoms with E-state index < -0.39 is 0 Å². The minimum atomic E-state index is 0.353. The molecule has 1 unspecified atom stereocenters. The van der Waals surface area contributed by atoms with Gasteiger partial charge in [-0.15, -0.1) is 11.6 Å². The molecule has 1 aromatic rings. The first-order chi connectivity index (χ1) is 7.10. The van der Waals surface area contributed by atoms with E-state index in [1.54, 1.807) is 13.3 Å². The van der Waals surface area contributed by atoms with Crippen LogP contribution in [0.25, 0.3) is 0 Å². The molecular weight excluding hydrogens is 212 g/mol. The van der Waals surface area contributed by atoms with Crippen molar-refractivity contribution in [2.75, 3.05) is 13.0 Å². The number of rotatable bonds is 5. The molecule has 15 heavy (non-hydrogen) atoms. The summed E-state index contributed by atoms with van der Waals surface area (Å²) in [6, 6.07) is 0.353. The SMILES string of the molecule is COc1cnn(C(C)C)c1CC(C)CCl. The van der Waals surface area contributed by atoms with E-state index in [-0.39, 0.29) is 0 Å². The van der Waals surface area contributed by atoms with E-state index >= 15 is 0 Å². The number of nitrogens with zero attached hydrogens (tertiary/aromatic N) is 2. The lowest BCUT2D eigenvalue weighted by molar-refractivity contribution is 0.399. The van der Waals surface area contributed by atoms with Crippen LogP contribution < -0.4 is 4.74 Å². The van der Waals surface area contributed by atoms with E-state index in [0.717, 1.165) is 17.9 Å². The summed E-state index contributed by atoms with van der Waals surface area (Å²) >= 11 is 5.83. The zero-order chi connectivity index (χ0) is 11.4. The van der Waals surface area contributed by atoms with Crippen molar-refractivity contribution in [1.82, 2.24) is 9.78 Å². The molecule has 0 saturated heterocycles. The van der Waals surface area contributed by atoms with Crippen molar-refractivity contribution >= 4 is 11.6 Å². The summed E-state index contributed by atoms with van der Waals surface area (Å²) in [5.41, 5.74) is 1.14. The standard InChI is InChI=1S/C11H19ClN2O/c1-8(2)14-10(5-9(3)6-12)11(15-4)7-13-14/h7-9H,5-6H2,1-4H3. The Bertz CT molecular complexity index is 310. The van der Waals surface area contributed by atoms with Gasteiger partial charge in [-0.05, 0) is 26.2 Å². The molecule has 0 spiro atoms. The zero-order valence-electron chi connectivity index (χ0n) is 9.83. The molecule has 0 fully saturated rings. The van der Waals surface area contributed by atoms with Crippen molar-refractivity contribution < 1.29 is 4.74 Å². The van der Waals surface area contributed by atoms with Crippen LogP contribution in [0, 0.1) is 5.92 Å². The van der Waals surface area contributed by atoms with Crippen LogP contribution in [-0.4, -0.2) is 22.8 Å². The van der Waals surface area contributed by atoms with Crippen molar-refractivity contribution in [1.29, 1.82) is 0 Å². The molecule has 0 aliphatic heterocycles. The summed E-state index contributed by atoms with van der Waals surface area (Å²) in [7, 11) is 1.68. The molecule has 1 atom stereocenters. The summed E-state index contributed by atoms with van der Waals surface area (Å²) in [5, 5.41) is 4.32. The van der Waals surface area contributed by atoms with Crippen molar-refractivity contribution in [3.63, 3.8) is 0 Å². The Hall–Kier alpha value is -0.700. The van der Waals surface area contributed by atoms with Gasteiger partial charge in [0.15, 0.2) is 5.75 Å². The van der Waals surface area contributed by atoms with Crippen LogP contribution in [-0.2, 0) is 6.42 Å². The van der Waals surface area contributed by atoms with Gasteiger partial charge in [-0.1, -0.05) is 6.92 Å². The first-order valence-corrected chi connectivity index (χ1v) is 5.79. The minimum absolute atomic E-state index is 0.353. The van der Waals surface area contributed by atoms with Crippen LogP contribution in [0.4, 0.5) is 0 Å². The van der Waals surface area contributed by atoms with Gasteiger partial charge in [-0.25, -0.2) is 0 Å². The second-order valence-corrected chi connectivity index (χ2v) is 4.47. The topological polar surface area (TPSA) is 27.1 Å². The van der Waals surface area contributed by atoms with Crippen LogP contribution in [0.2, 0.25) is 0 Å². The summed E-state index contributed by atoms with van der Waals surface area (Å²) in [6.45, 7) is 6.35. The van der Waals surface area contributed by atoms with Crippen LogP contribution >= 0.6 is 11.6 Å². The van der Waals surface area contributed by atoms with E-state index in [4.69, 9.17) is 16.3 Å². The highest BCUT2D eigenvalue weighted by Crippen LogP contribution is 2.24.